The number of nitrogens with one attached hydrogen (secondary N) is 1. The number of allylic oxidation sites excluding steroid dienone is 4. The van der Waals surface area contributed by atoms with Gasteiger partial charge in [0, 0.05) is 18.3 Å². The van der Waals surface area contributed by atoms with Gasteiger partial charge < -0.3 is 5.32 Å². The molecule has 1 aliphatic rings. The smallest absolute Gasteiger partial charge is 0.0380 e. The van der Waals surface area contributed by atoms with E-state index >= 15 is 0 Å². The summed E-state index contributed by atoms with van der Waals surface area (Å²) in [6.07, 6.45) is 8.97. The maximum Gasteiger partial charge on any atom is 0.0380 e. The molecular weight excluding hydrogens is 206 g/mol. The van der Waals surface area contributed by atoms with Gasteiger partial charge in [0.2, 0.25) is 0 Å². The quantitative estimate of drug-likeness (QED) is 0.770. The van der Waals surface area contributed by atoms with Gasteiger partial charge in [-0.25, -0.2) is 0 Å². The van der Waals surface area contributed by atoms with E-state index in [2.05, 4.69) is 47.1 Å². The van der Waals surface area contributed by atoms with E-state index in [-0.39, 0.29) is 0 Å². The Morgan fingerprint density at radius 3 is 2.71 bits per heavy atom. The number of benzene rings is 1. The van der Waals surface area contributed by atoms with Crippen molar-refractivity contribution in [3.63, 3.8) is 0 Å². The van der Waals surface area contributed by atoms with Gasteiger partial charge in [-0.3, -0.25) is 0 Å². The molecule has 0 spiro atoms. The summed E-state index contributed by atoms with van der Waals surface area (Å²) in [7, 11) is 1.94. The largest absolute Gasteiger partial charge is 0.388 e. The average Bonchev–Trinajstić information content (AvgIpc) is 2.42. The Balaban J connectivity index is 2.12. The van der Waals surface area contributed by atoms with Crippen molar-refractivity contribution in [2.24, 2.45) is 0 Å². The van der Waals surface area contributed by atoms with E-state index in [4.69, 9.17) is 0 Å². The normalized spacial score (nSPS) is 13.7. The van der Waals surface area contributed by atoms with Crippen LogP contribution in [0.15, 0.2) is 77.4 Å². The minimum atomic E-state index is 0.926. The molecule has 0 unspecified atom stereocenters. The number of likely N-dealkylation sites (N-methyl/N-ethyl adjacent to an activating group) is 1. The zero-order valence-electron chi connectivity index (χ0n) is 9.90. The molecule has 1 aromatic carbocycles. The summed E-state index contributed by atoms with van der Waals surface area (Å²) in [5.74, 6) is 0. The van der Waals surface area contributed by atoms with Crippen LogP contribution >= 0.6 is 0 Å². The topological polar surface area (TPSA) is 12.0 Å². The molecule has 1 nitrogen and oxygen atoms in total. The Hall–Kier alpha value is -2.20. The monoisotopic (exact) mass is 221 g/mol. The highest BCUT2D eigenvalue weighted by atomic mass is 14.8. The second-order valence-corrected chi connectivity index (χ2v) is 3.78. The first kappa shape index (κ1) is 11.3. The highest BCUT2D eigenvalue weighted by molar-refractivity contribution is 5.42. The third-order valence-electron chi connectivity index (χ3n) is 2.62. The molecule has 0 saturated heterocycles. The van der Waals surface area contributed by atoms with Crippen LogP contribution in [0.1, 0.15) is 5.56 Å². The fourth-order valence-corrected chi connectivity index (χ4v) is 1.71. The highest BCUT2D eigenvalue weighted by Gasteiger charge is 1.99. The first-order valence-electron chi connectivity index (χ1n) is 5.70. The molecule has 2 rings (SSSR count). The average molecular weight is 221 g/mol. The third kappa shape index (κ3) is 3.12. The summed E-state index contributed by atoms with van der Waals surface area (Å²) in [6.45, 7) is 0. The second-order valence-electron chi connectivity index (χ2n) is 3.78. The summed E-state index contributed by atoms with van der Waals surface area (Å²) in [4.78, 5) is 0. The third-order valence-corrected chi connectivity index (χ3v) is 2.62. The fraction of sp³-hybridized carbons (Fsp3) is 0.125. The lowest BCUT2D eigenvalue weighted by Crippen LogP contribution is -2.08. The molecule has 0 aromatic heterocycles. The summed E-state index contributed by atoms with van der Waals surface area (Å²) >= 11 is 0. The molecule has 1 aromatic rings. The lowest BCUT2D eigenvalue weighted by molar-refractivity contribution is 0.994. The van der Waals surface area contributed by atoms with Gasteiger partial charge >= 0.3 is 0 Å². The SMILES string of the molecule is CN/C(=C\Cc1ccccc1)C1=CC=C=C=C1. The molecule has 0 atom stereocenters. The molecule has 0 radical (unpaired) electrons. The van der Waals surface area contributed by atoms with Gasteiger partial charge in [0.1, 0.15) is 0 Å². The molecule has 0 fully saturated rings. The summed E-state index contributed by atoms with van der Waals surface area (Å²) in [6, 6.07) is 10.4. The van der Waals surface area contributed by atoms with E-state index in [1.165, 1.54) is 5.56 Å². The Kier molecular flexibility index (Phi) is 3.83. The van der Waals surface area contributed by atoms with E-state index in [9.17, 15) is 0 Å². The highest BCUT2D eigenvalue weighted by Crippen LogP contribution is 2.11. The van der Waals surface area contributed by atoms with Crippen molar-refractivity contribution < 1.29 is 0 Å². The lowest BCUT2D eigenvalue weighted by Gasteiger charge is -2.08. The van der Waals surface area contributed by atoms with Gasteiger partial charge in [0.15, 0.2) is 0 Å². The van der Waals surface area contributed by atoms with Crippen molar-refractivity contribution in [2.75, 3.05) is 7.05 Å². The van der Waals surface area contributed by atoms with E-state index in [0.29, 0.717) is 0 Å². The number of hydrogen-bond acceptors (Lipinski definition) is 1. The fourth-order valence-electron chi connectivity index (χ4n) is 1.71. The van der Waals surface area contributed by atoms with Crippen LogP contribution in [-0.2, 0) is 6.42 Å². The predicted molar refractivity (Wildman–Crippen MR) is 71.5 cm³/mol. The maximum atomic E-state index is 3.22. The zero-order valence-corrected chi connectivity index (χ0v) is 9.90. The van der Waals surface area contributed by atoms with Crippen LogP contribution in [0.3, 0.4) is 0 Å². The lowest BCUT2D eigenvalue weighted by atomic mass is 10.1. The summed E-state index contributed by atoms with van der Waals surface area (Å²) in [5.41, 5.74) is 9.45. The van der Waals surface area contributed by atoms with Gasteiger partial charge in [-0.15, -0.1) is 0 Å². The Morgan fingerprint density at radius 1 is 1.24 bits per heavy atom. The van der Waals surface area contributed by atoms with Crippen molar-refractivity contribution in [3.05, 3.63) is 82.9 Å². The summed E-state index contributed by atoms with van der Waals surface area (Å²) < 4.78 is 0. The molecular formula is C16H15N. The van der Waals surface area contributed by atoms with Crippen molar-refractivity contribution in [1.29, 1.82) is 0 Å². The molecule has 1 heteroatoms. The molecule has 0 aliphatic heterocycles. The van der Waals surface area contributed by atoms with E-state index in [1.807, 2.05) is 31.3 Å². The van der Waals surface area contributed by atoms with Crippen LogP contribution in [0, 0.1) is 0 Å². The van der Waals surface area contributed by atoms with Gasteiger partial charge in [0.05, 0.1) is 0 Å². The molecule has 1 N–H and O–H groups in total. The second kappa shape index (κ2) is 5.77. The van der Waals surface area contributed by atoms with Crippen LogP contribution in [-0.4, -0.2) is 7.05 Å². The van der Waals surface area contributed by atoms with Gasteiger partial charge in [-0.05, 0) is 30.2 Å². The minimum Gasteiger partial charge on any atom is -0.388 e. The van der Waals surface area contributed by atoms with Crippen molar-refractivity contribution in [1.82, 2.24) is 5.32 Å². The Bertz CT molecular complexity index is 534. The first-order chi connectivity index (χ1) is 8.40. The molecule has 1 aliphatic carbocycles. The molecule has 0 saturated carbocycles. The van der Waals surface area contributed by atoms with Gasteiger partial charge in [0.25, 0.3) is 0 Å². The minimum absolute atomic E-state index is 0.926. The maximum absolute atomic E-state index is 3.22. The van der Waals surface area contributed by atoms with Crippen LogP contribution in [0.25, 0.3) is 0 Å². The Morgan fingerprint density at radius 2 is 2.06 bits per heavy atom. The van der Waals surface area contributed by atoms with Crippen molar-refractivity contribution in [2.45, 2.75) is 6.42 Å². The predicted octanol–water partition coefficient (Wildman–Crippen LogP) is 3.14. The van der Waals surface area contributed by atoms with Crippen LogP contribution in [0.2, 0.25) is 0 Å². The van der Waals surface area contributed by atoms with Gasteiger partial charge in [-0.1, -0.05) is 47.9 Å². The molecule has 17 heavy (non-hydrogen) atoms. The molecule has 84 valence electrons. The van der Waals surface area contributed by atoms with Gasteiger partial charge in [-0.2, -0.15) is 0 Å². The molecule has 0 amide bonds. The Labute approximate surface area is 102 Å². The molecule has 0 heterocycles. The standard InChI is InChI=1S/C16H15N/c1-17-16(15-10-6-3-7-11-15)13-12-14-8-4-2-5-9-14/h2,4-6,8-11,13,17H,12H2,1H3/b16-13-. The van der Waals surface area contributed by atoms with Crippen molar-refractivity contribution in [3.8, 4) is 0 Å². The summed E-state index contributed by atoms with van der Waals surface area (Å²) in [5, 5.41) is 3.22. The van der Waals surface area contributed by atoms with E-state index < -0.39 is 0 Å². The first-order valence-corrected chi connectivity index (χ1v) is 5.70. The van der Waals surface area contributed by atoms with E-state index in [0.717, 1.165) is 17.7 Å². The van der Waals surface area contributed by atoms with Crippen molar-refractivity contribution >= 4 is 0 Å². The van der Waals surface area contributed by atoms with Crippen LogP contribution < -0.4 is 5.32 Å². The van der Waals surface area contributed by atoms with Crippen LogP contribution in [0.4, 0.5) is 0 Å². The molecule has 0 bridgehead atoms. The zero-order chi connectivity index (χ0) is 11.9. The van der Waals surface area contributed by atoms with E-state index in [1.54, 1.807) is 0 Å². The van der Waals surface area contributed by atoms with Crippen LogP contribution in [0.5, 0.6) is 0 Å². The number of hydrogen-bond donors (Lipinski definition) is 1. The number of rotatable bonds is 4.